The first-order chi connectivity index (χ1) is 16.2. The average molecular weight is 468 g/mol. The number of nitrogens with one attached hydrogen (secondary N) is 2. The molecule has 0 aromatic heterocycles. The number of likely N-dealkylation sites (N-methyl/N-ethyl adjacent to an activating group) is 1. The highest BCUT2D eigenvalue weighted by molar-refractivity contribution is 5.93. The van der Waals surface area contributed by atoms with Crippen LogP contribution in [0.5, 0.6) is 11.5 Å². The second kappa shape index (κ2) is 11.7. The number of rotatable bonds is 10. The van der Waals surface area contributed by atoms with Crippen LogP contribution < -0.4 is 20.1 Å². The molecule has 186 valence electrons. The maximum absolute atomic E-state index is 12.5. The standard InChI is InChI=1S/C28H41N3O3/c1-20-14-21(2)27(22(3)15-20)30-26(32)18-34-24-11-10-23(16-25(24)33-6)17-29-19-28(31(4)5)12-8-7-9-13-28/h10-11,14-16,29H,7-9,12-13,17-19H2,1-6H3,(H,30,32). The van der Waals surface area contributed by atoms with Crippen molar-refractivity contribution in [2.45, 2.75) is 65.0 Å². The first-order valence-electron chi connectivity index (χ1n) is 12.3. The summed E-state index contributed by atoms with van der Waals surface area (Å²) in [6, 6.07) is 10.0. The Labute approximate surface area is 205 Å². The van der Waals surface area contributed by atoms with Crippen LogP contribution in [0.1, 0.15) is 54.4 Å². The number of ether oxygens (including phenoxy) is 2. The number of carbonyl (C=O) groups is 1. The predicted molar refractivity (Wildman–Crippen MR) is 139 cm³/mol. The Morgan fingerprint density at radius 1 is 1.00 bits per heavy atom. The van der Waals surface area contributed by atoms with Crippen molar-refractivity contribution in [3.8, 4) is 11.5 Å². The molecule has 0 bridgehead atoms. The SMILES string of the molecule is COc1cc(CNCC2(N(C)C)CCCCC2)ccc1OCC(=O)Nc1c(C)cc(C)cc1C. The smallest absolute Gasteiger partial charge is 0.262 e. The Hall–Kier alpha value is -2.57. The average Bonchev–Trinajstić information content (AvgIpc) is 2.81. The van der Waals surface area contributed by atoms with Gasteiger partial charge in [0.15, 0.2) is 18.1 Å². The zero-order valence-electron chi connectivity index (χ0n) is 21.7. The molecular weight excluding hydrogens is 426 g/mol. The quantitative estimate of drug-likeness (QED) is 0.515. The van der Waals surface area contributed by atoms with E-state index in [1.54, 1.807) is 7.11 Å². The molecular formula is C28H41N3O3. The third-order valence-electron chi connectivity index (χ3n) is 7.04. The molecule has 6 nitrogen and oxygen atoms in total. The molecule has 0 unspecified atom stereocenters. The van der Waals surface area contributed by atoms with Gasteiger partial charge >= 0.3 is 0 Å². The van der Waals surface area contributed by atoms with Gasteiger partial charge in [0.2, 0.25) is 0 Å². The Bertz CT molecular complexity index is 958. The highest BCUT2D eigenvalue weighted by atomic mass is 16.5. The summed E-state index contributed by atoms with van der Waals surface area (Å²) in [6.45, 7) is 7.71. The number of hydrogen-bond donors (Lipinski definition) is 2. The molecule has 2 N–H and O–H groups in total. The largest absolute Gasteiger partial charge is 0.493 e. The highest BCUT2D eigenvalue weighted by Crippen LogP contribution is 2.32. The van der Waals surface area contributed by atoms with Crippen LogP contribution in [-0.4, -0.2) is 50.7 Å². The minimum Gasteiger partial charge on any atom is -0.493 e. The van der Waals surface area contributed by atoms with E-state index in [1.807, 2.05) is 32.0 Å². The van der Waals surface area contributed by atoms with E-state index in [4.69, 9.17) is 9.47 Å². The maximum Gasteiger partial charge on any atom is 0.262 e. The lowest BCUT2D eigenvalue weighted by molar-refractivity contribution is -0.118. The zero-order valence-corrected chi connectivity index (χ0v) is 21.7. The topological polar surface area (TPSA) is 62.8 Å². The Kier molecular flexibility index (Phi) is 8.97. The molecule has 0 radical (unpaired) electrons. The van der Waals surface area contributed by atoms with E-state index in [1.165, 1.54) is 37.7 Å². The third-order valence-corrected chi connectivity index (χ3v) is 7.04. The van der Waals surface area contributed by atoms with Gasteiger partial charge in [-0.05, 0) is 76.5 Å². The van der Waals surface area contributed by atoms with Crippen LogP contribution in [0.3, 0.4) is 0 Å². The van der Waals surface area contributed by atoms with E-state index < -0.39 is 0 Å². The van der Waals surface area contributed by atoms with E-state index in [0.29, 0.717) is 11.5 Å². The minimum atomic E-state index is -0.190. The fourth-order valence-electron chi connectivity index (χ4n) is 5.07. The normalized spacial score (nSPS) is 15.3. The van der Waals surface area contributed by atoms with Gasteiger partial charge < -0.3 is 25.0 Å². The lowest BCUT2D eigenvalue weighted by atomic mass is 9.80. The van der Waals surface area contributed by atoms with Crippen molar-refractivity contribution >= 4 is 11.6 Å². The summed E-state index contributed by atoms with van der Waals surface area (Å²) in [7, 11) is 6.01. The van der Waals surface area contributed by atoms with Gasteiger partial charge in [0.25, 0.3) is 5.91 Å². The van der Waals surface area contributed by atoms with Gasteiger partial charge in [0.1, 0.15) is 0 Å². The van der Waals surface area contributed by atoms with Gasteiger partial charge in [-0.1, -0.05) is 43.0 Å². The lowest BCUT2D eigenvalue weighted by Gasteiger charge is -2.43. The number of aryl methyl sites for hydroxylation is 3. The number of amides is 1. The van der Waals surface area contributed by atoms with Gasteiger partial charge in [-0.2, -0.15) is 0 Å². The Morgan fingerprint density at radius 2 is 1.68 bits per heavy atom. The summed E-state index contributed by atoms with van der Waals surface area (Å²) in [6.07, 6.45) is 6.43. The van der Waals surface area contributed by atoms with Gasteiger partial charge in [-0.15, -0.1) is 0 Å². The highest BCUT2D eigenvalue weighted by Gasteiger charge is 2.33. The monoisotopic (exact) mass is 467 g/mol. The third kappa shape index (κ3) is 6.51. The second-order valence-electron chi connectivity index (χ2n) is 9.88. The van der Waals surface area contributed by atoms with E-state index in [2.05, 4.69) is 48.7 Å². The summed E-state index contributed by atoms with van der Waals surface area (Å²) in [5.41, 5.74) is 5.49. The summed E-state index contributed by atoms with van der Waals surface area (Å²) in [5.74, 6) is 1.01. The Morgan fingerprint density at radius 3 is 2.29 bits per heavy atom. The molecule has 2 aromatic rings. The number of carbonyl (C=O) groups excluding carboxylic acids is 1. The zero-order chi connectivity index (χ0) is 24.7. The molecule has 0 aliphatic heterocycles. The molecule has 3 rings (SSSR count). The molecule has 2 aromatic carbocycles. The molecule has 1 saturated carbocycles. The molecule has 0 saturated heterocycles. The first kappa shape index (κ1) is 26.0. The van der Waals surface area contributed by atoms with Crippen molar-refractivity contribution in [1.29, 1.82) is 0 Å². The summed E-state index contributed by atoms with van der Waals surface area (Å²) in [5, 5.41) is 6.63. The fourth-order valence-corrected chi connectivity index (χ4v) is 5.07. The molecule has 0 heterocycles. The number of anilines is 1. The summed E-state index contributed by atoms with van der Waals surface area (Å²) in [4.78, 5) is 14.9. The molecule has 1 amide bonds. The minimum absolute atomic E-state index is 0.0773. The van der Waals surface area contributed by atoms with Gasteiger partial charge in [-0.3, -0.25) is 4.79 Å². The molecule has 1 fully saturated rings. The molecule has 1 aliphatic carbocycles. The van der Waals surface area contributed by atoms with Crippen LogP contribution in [0.25, 0.3) is 0 Å². The van der Waals surface area contributed by atoms with Gasteiger partial charge in [-0.25, -0.2) is 0 Å². The molecule has 0 spiro atoms. The van der Waals surface area contributed by atoms with E-state index in [9.17, 15) is 4.79 Å². The second-order valence-corrected chi connectivity index (χ2v) is 9.88. The van der Waals surface area contributed by atoms with Crippen LogP contribution in [0, 0.1) is 20.8 Å². The number of hydrogen-bond acceptors (Lipinski definition) is 5. The molecule has 1 aliphatic rings. The summed E-state index contributed by atoms with van der Waals surface area (Å²) >= 11 is 0. The van der Waals surface area contributed by atoms with Crippen LogP contribution in [0.4, 0.5) is 5.69 Å². The van der Waals surface area contributed by atoms with Gasteiger partial charge in [0, 0.05) is 24.3 Å². The van der Waals surface area contributed by atoms with Crippen molar-refractivity contribution in [2.24, 2.45) is 0 Å². The van der Waals surface area contributed by atoms with Crippen LogP contribution >= 0.6 is 0 Å². The van der Waals surface area contributed by atoms with E-state index >= 15 is 0 Å². The summed E-state index contributed by atoms with van der Waals surface area (Å²) < 4.78 is 11.4. The predicted octanol–water partition coefficient (Wildman–Crippen LogP) is 4.99. The van der Waals surface area contributed by atoms with E-state index in [0.717, 1.165) is 35.5 Å². The van der Waals surface area contributed by atoms with Crippen molar-refractivity contribution in [1.82, 2.24) is 10.2 Å². The Balaban J connectivity index is 1.56. The van der Waals surface area contributed by atoms with E-state index in [-0.39, 0.29) is 18.1 Å². The van der Waals surface area contributed by atoms with Crippen LogP contribution in [-0.2, 0) is 11.3 Å². The van der Waals surface area contributed by atoms with Crippen molar-refractivity contribution in [2.75, 3.05) is 39.7 Å². The maximum atomic E-state index is 12.5. The van der Waals surface area contributed by atoms with Crippen LogP contribution in [0.15, 0.2) is 30.3 Å². The number of benzene rings is 2. The van der Waals surface area contributed by atoms with Gasteiger partial charge in [0.05, 0.1) is 7.11 Å². The van der Waals surface area contributed by atoms with Crippen LogP contribution in [0.2, 0.25) is 0 Å². The lowest BCUT2D eigenvalue weighted by Crippen LogP contribution is -2.52. The number of nitrogens with zero attached hydrogens (tertiary/aromatic N) is 1. The molecule has 0 atom stereocenters. The molecule has 6 heteroatoms. The number of methoxy groups -OCH3 is 1. The van der Waals surface area contributed by atoms with Crippen molar-refractivity contribution in [3.05, 3.63) is 52.6 Å². The van der Waals surface area contributed by atoms with Crippen molar-refractivity contribution in [3.63, 3.8) is 0 Å². The fraction of sp³-hybridized carbons (Fsp3) is 0.536. The first-order valence-corrected chi connectivity index (χ1v) is 12.3. The molecule has 34 heavy (non-hydrogen) atoms. The van der Waals surface area contributed by atoms with Crippen molar-refractivity contribution < 1.29 is 14.3 Å².